The van der Waals surface area contributed by atoms with Gasteiger partial charge in [0.15, 0.2) is 0 Å². The van der Waals surface area contributed by atoms with Crippen molar-refractivity contribution in [1.29, 1.82) is 0 Å². The number of para-hydroxylation sites is 1. The fraction of sp³-hybridized carbons (Fsp3) is 0.318. The second kappa shape index (κ2) is 7.31. The highest BCUT2D eigenvalue weighted by Crippen LogP contribution is 2.30. The first-order valence-electron chi connectivity index (χ1n) is 9.32. The Balaban J connectivity index is 1.77. The largest absolute Gasteiger partial charge is 0.325 e. The molecule has 4 amide bonds. The van der Waals surface area contributed by atoms with E-state index in [1.807, 2.05) is 39.0 Å². The lowest BCUT2D eigenvalue weighted by Gasteiger charge is -2.24. The molecule has 1 aliphatic heterocycles. The summed E-state index contributed by atoms with van der Waals surface area (Å²) in [5, 5.41) is 5.40. The van der Waals surface area contributed by atoms with Gasteiger partial charge in [0.2, 0.25) is 5.91 Å². The zero-order valence-electron chi connectivity index (χ0n) is 16.9. The SMILES string of the molecule is CC(C)(C)c1ccccc1NC(=O)CN1C(=O)NC(C)(c2ccc(F)cc2)C1=O. The van der Waals surface area contributed by atoms with Crippen molar-refractivity contribution < 1.29 is 18.8 Å². The maximum atomic E-state index is 13.2. The van der Waals surface area contributed by atoms with Gasteiger partial charge < -0.3 is 10.6 Å². The van der Waals surface area contributed by atoms with Crippen molar-refractivity contribution in [2.45, 2.75) is 38.6 Å². The van der Waals surface area contributed by atoms with Crippen molar-refractivity contribution in [3.8, 4) is 0 Å². The van der Waals surface area contributed by atoms with Crippen molar-refractivity contribution in [2.75, 3.05) is 11.9 Å². The number of benzene rings is 2. The van der Waals surface area contributed by atoms with E-state index in [4.69, 9.17) is 0 Å². The molecule has 1 fully saturated rings. The fourth-order valence-corrected chi connectivity index (χ4v) is 3.40. The first-order chi connectivity index (χ1) is 13.5. The Labute approximate surface area is 169 Å². The highest BCUT2D eigenvalue weighted by Gasteiger charge is 2.49. The molecule has 0 bridgehead atoms. The topological polar surface area (TPSA) is 78.5 Å². The van der Waals surface area contributed by atoms with Crippen LogP contribution in [-0.4, -0.2) is 29.3 Å². The maximum Gasteiger partial charge on any atom is 0.325 e. The summed E-state index contributed by atoms with van der Waals surface area (Å²) >= 11 is 0. The van der Waals surface area contributed by atoms with Crippen molar-refractivity contribution in [1.82, 2.24) is 10.2 Å². The molecule has 0 aliphatic carbocycles. The molecule has 0 radical (unpaired) electrons. The van der Waals surface area contributed by atoms with E-state index in [9.17, 15) is 18.8 Å². The average molecular weight is 397 g/mol. The quantitative estimate of drug-likeness (QED) is 0.775. The first kappa shape index (κ1) is 20.5. The van der Waals surface area contributed by atoms with Gasteiger partial charge in [-0.15, -0.1) is 0 Å². The van der Waals surface area contributed by atoms with E-state index in [0.717, 1.165) is 10.5 Å². The predicted octanol–water partition coefficient (Wildman–Crippen LogP) is 3.53. The Bertz CT molecular complexity index is 966. The minimum absolute atomic E-state index is 0.189. The van der Waals surface area contributed by atoms with E-state index in [0.29, 0.717) is 11.3 Å². The van der Waals surface area contributed by atoms with Crippen LogP contribution in [0.25, 0.3) is 0 Å². The Morgan fingerprint density at radius 3 is 2.34 bits per heavy atom. The van der Waals surface area contributed by atoms with Crippen LogP contribution >= 0.6 is 0 Å². The minimum Gasteiger partial charge on any atom is -0.324 e. The lowest BCUT2D eigenvalue weighted by molar-refractivity contribution is -0.133. The zero-order valence-corrected chi connectivity index (χ0v) is 16.9. The molecule has 29 heavy (non-hydrogen) atoms. The summed E-state index contributed by atoms with van der Waals surface area (Å²) < 4.78 is 13.2. The van der Waals surface area contributed by atoms with E-state index in [1.165, 1.54) is 31.2 Å². The second-order valence-corrected chi connectivity index (χ2v) is 8.30. The number of urea groups is 1. The molecule has 1 unspecified atom stereocenters. The van der Waals surface area contributed by atoms with Crippen molar-refractivity contribution in [3.63, 3.8) is 0 Å². The number of rotatable bonds is 4. The highest BCUT2D eigenvalue weighted by molar-refractivity contribution is 6.10. The number of hydrogen-bond acceptors (Lipinski definition) is 3. The Kier molecular flexibility index (Phi) is 5.17. The number of carbonyl (C=O) groups is 3. The average Bonchev–Trinajstić information content (AvgIpc) is 2.86. The number of imide groups is 1. The van der Waals surface area contributed by atoms with Gasteiger partial charge in [-0.1, -0.05) is 51.1 Å². The van der Waals surface area contributed by atoms with E-state index >= 15 is 0 Å². The van der Waals surface area contributed by atoms with Gasteiger partial charge in [-0.25, -0.2) is 9.18 Å². The molecule has 3 rings (SSSR count). The number of carbonyl (C=O) groups excluding carboxylic acids is 3. The summed E-state index contributed by atoms with van der Waals surface area (Å²) in [6, 6.07) is 12.1. The molecular weight excluding hydrogens is 373 g/mol. The summed E-state index contributed by atoms with van der Waals surface area (Å²) in [7, 11) is 0. The van der Waals surface area contributed by atoms with Crippen LogP contribution in [0.15, 0.2) is 48.5 Å². The van der Waals surface area contributed by atoms with Gasteiger partial charge >= 0.3 is 6.03 Å². The Morgan fingerprint density at radius 1 is 1.10 bits per heavy atom. The third-order valence-electron chi connectivity index (χ3n) is 5.01. The van der Waals surface area contributed by atoms with Gasteiger partial charge in [0, 0.05) is 5.69 Å². The number of hydrogen-bond donors (Lipinski definition) is 2. The van der Waals surface area contributed by atoms with Crippen LogP contribution < -0.4 is 10.6 Å². The first-order valence-corrected chi connectivity index (χ1v) is 9.32. The number of nitrogens with zero attached hydrogens (tertiary/aromatic N) is 1. The van der Waals surface area contributed by atoms with Gasteiger partial charge in [0.25, 0.3) is 5.91 Å². The summed E-state index contributed by atoms with van der Waals surface area (Å²) in [6.07, 6.45) is 0. The molecule has 0 spiro atoms. The van der Waals surface area contributed by atoms with E-state index in [-0.39, 0.29) is 5.41 Å². The molecule has 1 aliphatic rings. The van der Waals surface area contributed by atoms with Crippen LogP contribution in [0.2, 0.25) is 0 Å². The second-order valence-electron chi connectivity index (χ2n) is 8.30. The van der Waals surface area contributed by atoms with Gasteiger partial charge in [-0.3, -0.25) is 14.5 Å². The molecule has 2 aromatic carbocycles. The molecule has 1 heterocycles. The van der Waals surface area contributed by atoms with Crippen molar-refractivity contribution in [2.24, 2.45) is 0 Å². The third-order valence-corrected chi connectivity index (χ3v) is 5.01. The highest BCUT2D eigenvalue weighted by atomic mass is 19.1. The predicted molar refractivity (Wildman–Crippen MR) is 108 cm³/mol. The fourth-order valence-electron chi connectivity index (χ4n) is 3.40. The maximum absolute atomic E-state index is 13.2. The van der Waals surface area contributed by atoms with E-state index in [2.05, 4.69) is 10.6 Å². The van der Waals surface area contributed by atoms with Crippen molar-refractivity contribution in [3.05, 3.63) is 65.5 Å². The van der Waals surface area contributed by atoms with E-state index < -0.39 is 35.7 Å². The summed E-state index contributed by atoms with van der Waals surface area (Å²) in [5.41, 5.74) is 0.485. The Morgan fingerprint density at radius 2 is 1.72 bits per heavy atom. The monoisotopic (exact) mass is 397 g/mol. The van der Waals surface area contributed by atoms with Gasteiger partial charge in [0.05, 0.1) is 0 Å². The molecule has 6 nitrogen and oxygen atoms in total. The third kappa shape index (κ3) is 3.99. The standard InChI is InChI=1S/C22H24FN3O3/c1-21(2,3)16-7-5-6-8-17(16)24-18(27)13-26-19(28)22(4,25-20(26)29)14-9-11-15(23)12-10-14/h5-12H,13H2,1-4H3,(H,24,27)(H,25,29). The van der Waals surface area contributed by atoms with E-state index in [1.54, 1.807) is 6.07 Å². The van der Waals surface area contributed by atoms with Crippen LogP contribution in [0.4, 0.5) is 14.9 Å². The molecule has 0 aromatic heterocycles. The minimum atomic E-state index is -1.35. The summed E-state index contributed by atoms with van der Waals surface area (Å²) in [5.74, 6) is -1.48. The number of anilines is 1. The number of nitrogens with one attached hydrogen (secondary N) is 2. The van der Waals surface area contributed by atoms with Gasteiger partial charge in [0.1, 0.15) is 17.9 Å². The van der Waals surface area contributed by atoms with Crippen LogP contribution in [0.1, 0.15) is 38.8 Å². The number of halogens is 1. The molecule has 1 saturated heterocycles. The molecule has 2 aromatic rings. The molecule has 2 N–H and O–H groups in total. The summed E-state index contributed by atoms with van der Waals surface area (Å²) in [6.45, 7) is 7.21. The molecule has 152 valence electrons. The van der Waals surface area contributed by atoms with Crippen LogP contribution in [-0.2, 0) is 20.5 Å². The smallest absolute Gasteiger partial charge is 0.324 e. The number of amides is 4. The van der Waals surface area contributed by atoms with Crippen LogP contribution in [0.5, 0.6) is 0 Å². The Hall–Kier alpha value is -3.22. The van der Waals surface area contributed by atoms with Gasteiger partial charge in [-0.2, -0.15) is 0 Å². The van der Waals surface area contributed by atoms with Crippen LogP contribution in [0.3, 0.4) is 0 Å². The lowest BCUT2D eigenvalue weighted by Crippen LogP contribution is -2.42. The lowest BCUT2D eigenvalue weighted by atomic mass is 9.86. The molecular formula is C22H24FN3O3. The van der Waals surface area contributed by atoms with Crippen molar-refractivity contribution >= 4 is 23.5 Å². The summed E-state index contributed by atoms with van der Waals surface area (Å²) in [4.78, 5) is 38.8. The van der Waals surface area contributed by atoms with Crippen LogP contribution in [0, 0.1) is 5.82 Å². The molecule has 0 saturated carbocycles. The normalized spacial score (nSPS) is 19.3. The molecule has 7 heteroatoms. The zero-order chi connectivity index (χ0) is 21.4. The van der Waals surface area contributed by atoms with Gasteiger partial charge in [-0.05, 0) is 41.7 Å². The molecule has 1 atom stereocenters.